The Bertz CT molecular complexity index is 1080. The van der Waals surface area contributed by atoms with Gasteiger partial charge in [-0.1, -0.05) is 0 Å². The van der Waals surface area contributed by atoms with Crippen molar-refractivity contribution in [2.45, 2.75) is 19.9 Å². The van der Waals surface area contributed by atoms with Crippen LogP contribution in [0.1, 0.15) is 13.8 Å². The molecule has 0 spiro atoms. The second-order valence-corrected chi connectivity index (χ2v) is 6.55. The number of benzene rings is 2. The summed E-state index contributed by atoms with van der Waals surface area (Å²) < 4.78 is 13.4. The molecule has 0 saturated carbocycles. The zero-order valence-corrected chi connectivity index (χ0v) is 15.2. The molecule has 0 fully saturated rings. The van der Waals surface area contributed by atoms with Crippen molar-refractivity contribution in [1.82, 2.24) is 30.6 Å². The molecule has 1 N–H and O–H groups in total. The first-order valence-electron chi connectivity index (χ1n) is 8.57. The van der Waals surface area contributed by atoms with Crippen molar-refractivity contribution in [3.63, 3.8) is 0 Å². The van der Waals surface area contributed by atoms with Crippen LogP contribution < -0.4 is 4.90 Å². The molecule has 4 aromatic rings. The molecule has 0 radical (unpaired) electrons. The summed E-state index contributed by atoms with van der Waals surface area (Å²) in [5, 5.41) is 14.1. The van der Waals surface area contributed by atoms with Crippen molar-refractivity contribution < 1.29 is 4.39 Å². The van der Waals surface area contributed by atoms with Crippen LogP contribution in [0.25, 0.3) is 33.7 Å². The molecule has 0 unspecified atom stereocenters. The molecule has 0 aliphatic carbocycles. The minimum absolute atomic E-state index is 0.219. The summed E-state index contributed by atoms with van der Waals surface area (Å²) in [7, 11) is 1.97. The highest BCUT2D eigenvalue weighted by Gasteiger charge is 2.17. The van der Waals surface area contributed by atoms with Crippen LogP contribution in [0.2, 0.25) is 0 Å². The fraction of sp³-hybridized carbons (Fsp3) is 0.211. The molecular weight excluding hydrogens is 345 g/mol. The van der Waals surface area contributed by atoms with E-state index in [1.54, 1.807) is 12.1 Å². The van der Waals surface area contributed by atoms with E-state index in [1.165, 1.54) is 12.1 Å². The average Bonchev–Trinajstić information content (AvgIpc) is 3.21. The zero-order chi connectivity index (χ0) is 19.0. The number of aromatic nitrogens is 6. The van der Waals surface area contributed by atoms with Crippen molar-refractivity contribution in [2.24, 2.45) is 0 Å². The van der Waals surface area contributed by atoms with E-state index in [2.05, 4.69) is 34.5 Å². The van der Waals surface area contributed by atoms with Crippen molar-refractivity contribution in [1.29, 1.82) is 0 Å². The molecule has 0 amide bonds. The van der Waals surface area contributed by atoms with Crippen LogP contribution in [0.5, 0.6) is 0 Å². The summed E-state index contributed by atoms with van der Waals surface area (Å²) in [6, 6.07) is 12.2. The average molecular weight is 363 g/mol. The zero-order valence-electron chi connectivity index (χ0n) is 15.2. The predicted molar refractivity (Wildman–Crippen MR) is 102 cm³/mol. The largest absolute Gasteiger partial charge is 0.355 e. The van der Waals surface area contributed by atoms with Crippen molar-refractivity contribution in [3.8, 4) is 22.6 Å². The van der Waals surface area contributed by atoms with E-state index in [0.717, 1.165) is 28.0 Å². The van der Waals surface area contributed by atoms with Crippen molar-refractivity contribution >= 4 is 16.9 Å². The quantitative estimate of drug-likeness (QED) is 0.598. The van der Waals surface area contributed by atoms with Gasteiger partial charge in [0, 0.05) is 24.2 Å². The molecular formula is C19H18FN7. The number of halogens is 1. The summed E-state index contributed by atoms with van der Waals surface area (Å²) >= 11 is 0. The van der Waals surface area contributed by atoms with Gasteiger partial charge in [-0.25, -0.2) is 14.4 Å². The minimum Gasteiger partial charge on any atom is -0.355 e. The monoisotopic (exact) mass is 363 g/mol. The molecule has 0 aliphatic heterocycles. The Morgan fingerprint density at radius 1 is 0.963 bits per heavy atom. The molecule has 4 rings (SSSR count). The van der Waals surface area contributed by atoms with Crippen LogP contribution >= 0.6 is 0 Å². The third-order valence-electron chi connectivity index (χ3n) is 4.48. The first-order valence-corrected chi connectivity index (χ1v) is 8.57. The van der Waals surface area contributed by atoms with Gasteiger partial charge < -0.3 is 4.90 Å². The van der Waals surface area contributed by atoms with Gasteiger partial charge in [-0.15, -0.1) is 10.2 Å². The Hall–Kier alpha value is -3.42. The van der Waals surface area contributed by atoms with Gasteiger partial charge in [0.15, 0.2) is 5.82 Å². The normalized spacial score (nSPS) is 11.3. The van der Waals surface area contributed by atoms with E-state index >= 15 is 0 Å². The Labute approximate surface area is 155 Å². The van der Waals surface area contributed by atoms with E-state index in [4.69, 9.17) is 9.97 Å². The van der Waals surface area contributed by atoms with Gasteiger partial charge in [-0.05, 0) is 61.5 Å². The molecule has 0 saturated heterocycles. The van der Waals surface area contributed by atoms with Crippen LogP contribution in [-0.4, -0.2) is 43.7 Å². The molecule has 2 aromatic heterocycles. The summed E-state index contributed by atoms with van der Waals surface area (Å²) in [5.41, 5.74) is 3.80. The highest BCUT2D eigenvalue weighted by Crippen LogP contribution is 2.31. The van der Waals surface area contributed by atoms with Gasteiger partial charge in [0.05, 0.1) is 11.0 Å². The number of hydrogen-bond acceptors (Lipinski definition) is 6. The van der Waals surface area contributed by atoms with Gasteiger partial charge in [-0.3, -0.25) is 0 Å². The Morgan fingerprint density at radius 3 is 2.37 bits per heavy atom. The third kappa shape index (κ3) is 3.21. The van der Waals surface area contributed by atoms with Gasteiger partial charge in [-0.2, -0.15) is 5.21 Å². The second kappa shape index (κ2) is 6.71. The number of fused-ring (bicyclic) bond motifs is 1. The fourth-order valence-corrected chi connectivity index (χ4v) is 2.76. The van der Waals surface area contributed by atoms with E-state index < -0.39 is 0 Å². The maximum Gasteiger partial charge on any atom is 0.204 e. The summed E-state index contributed by atoms with van der Waals surface area (Å²) in [6.07, 6.45) is 0. The molecule has 27 heavy (non-hydrogen) atoms. The number of tetrazole rings is 1. The maximum atomic E-state index is 13.4. The summed E-state index contributed by atoms with van der Waals surface area (Å²) in [4.78, 5) is 11.7. The number of H-pyrrole nitrogens is 1. The lowest BCUT2D eigenvalue weighted by Gasteiger charge is -2.25. The number of rotatable bonds is 4. The molecule has 0 aliphatic rings. The van der Waals surface area contributed by atoms with E-state index in [1.807, 2.05) is 30.1 Å². The minimum atomic E-state index is -0.281. The molecule has 2 aromatic carbocycles. The lowest BCUT2D eigenvalue weighted by atomic mass is 10.1. The van der Waals surface area contributed by atoms with Crippen LogP contribution in [0.15, 0.2) is 42.5 Å². The number of aromatic amines is 1. The van der Waals surface area contributed by atoms with E-state index in [9.17, 15) is 4.39 Å². The third-order valence-corrected chi connectivity index (χ3v) is 4.48. The highest BCUT2D eigenvalue weighted by atomic mass is 19.1. The van der Waals surface area contributed by atoms with Crippen LogP contribution in [0.4, 0.5) is 10.2 Å². The topological polar surface area (TPSA) is 83.5 Å². The molecule has 7 nitrogen and oxygen atoms in total. The second-order valence-electron chi connectivity index (χ2n) is 6.55. The molecule has 0 atom stereocenters. The smallest absolute Gasteiger partial charge is 0.204 e. The van der Waals surface area contributed by atoms with Crippen molar-refractivity contribution in [2.75, 3.05) is 11.9 Å². The molecule has 0 bridgehead atoms. The standard InChI is InChI=1S/C19H18FN7/c1-11(2)27(3)19-17(12-4-7-14(20)8-5-12)21-15-9-6-13(10-16(15)22-19)18-23-25-26-24-18/h4-11H,1-3H3,(H,23,24,25,26). The lowest BCUT2D eigenvalue weighted by Crippen LogP contribution is -2.27. The van der Waals surface area contributed by atoms with Gasteiger partial charge >= 0.3 is 0 Å². The van der Waals surface area contributed by atoms with Crippen LogP contribution in [0, 0.1) is 5.82 Å². The van der Waals surface area contributed by atoms with Crippen LogP contribution in [0.3, 0.4) is 0 Å². The number of nitrogens with one attached hydrogen (secondary N) is 1. The Morgan fingerprint density at radius 2 is 1.70 bits per heavy atom. The highest BCUT2D eigenvalue weighted by molar-refractivity contribution is 5.86. The number of hydrogen-bond donors (Lipinski definition) is 1. The van der Waals surface area contributed by atoms with E-state index in [0.29, 0.717) is 11.5 Å². The summed E-state index contributed by atoms with van der Waals surface area (Å²) in [5.74, 6) is 0.950. The van der Waals surface area contributed by atoms with Gasteiger partial charge in [0.1, 0.15) is 11.5 Å². The first-order chi connectivity index (χ1) is 13.0. The predicted octanol–water partition coefficient (Wildman–Crippen LogP) is 3.46. The molecule has 2 heterocycles. The summed E-state index contributed by atoms with van der Waals surface area (Å²) in [6.45, 7) is 4.16. The number of nitrogens with zero attached hydrogens (tertiary/aromatic N) is 6. The molecule has 8 heteroatoms. The van der Waals surface area contributed by atoms with Gasteiger partial charge in [0.25, 0.3) is 0 Å². The SMILES string of the molecule is CC(C)N(C)c1nc2cc(-c3nn[nH]n3)ccc2nc1-c1ccc(F)cc1. The lowest BCUT2D eigenvalue weighted by molar-refractivity contribution is 0.628. The van der Waals surface area contributed by atoms with Crippen molar-refractivity contribution in [3.05, 3.63) is 48.3 Å². The number of anilines is 1. The first kappa shape index (κ1) is 17.0. The fourth-order valence-electron chi connectivity index (χ4n) is 2.76. The van der Waals surface area contributed by atoms with Crippen LogP contribution in [-0.2, 0) is 0 Å². The Kier molecular flexibility index (Phi) is 4.23. The Balaban J connectivity index is 1.92. The van der Waals surface area contributed by atoms with Gasteiger partial charge in [0.2, 0.25) is 5.82 Å². The maximum absolute atomic E-state index is 13.4. The van der Waals surface area contributed by atoms with E-state index in [-0.39, 0.29) is 11.9 Å². The molecule has 136 valence electrons.